The second-order valence-electron chi connectivity index (χ2n) is 2.53. The molecular formula is C9H12O2. The Kier molecular flexibility index (Phi) is 2.90. The van der Waals surface area contributed by atoms with Gasteiger partial charge in [0.1, 0.15) is 0 Å². The predicted octanol–water partition coefficient (Wildman–Crippen LogP) is 1.83. The summed E-state index contributed by atoms with van der Waals surface area (Å²) in [7, 11) is 1.42. The molecule has 2 heteroatoms. The third kappa shape index (κ3) is 2.58. The third-order valence-electron chi connectivity index (χ3n) is 1.73. The molecule has 0 saturated heterocycles. The lowest BCUT2D eigenvalue weighted by Crippen LogP contribution is -1.99. The van der Waals surface area contributed by atoms with Crippen LogP contribution < -0.4 is 0 Å². The van der Waals surface area contributed by atoms with Crippen LogP contribution in [-0.2, 0) is 9.53 Å². The summed E-state index contributed by atoms with van der Waals surface area (Å²) in [6.45, 7) is 0. The van der Waals surface area contributed by atoms with E-state index in [2.05, 4.69) is 16.9 Å². The Bertz CT molecular complexity index is 202. The first-order valence-electron chi connectivity index (χ1n) is 3.74. The van der Waals surface area contributed by atoms with Gasteiger partial charge in [-0.15, -0.1) is 0 Å². The number of rotatable bonds is 3. The quantitative estimate of drug-likeness (QED) is 0.576. The van der Waals surface area contributed by atoms with Crippen molar-refractivity contribution in [2.24, 2.45) is 0 Å². The van der Waals surface area contributed by atoms with Crippen molar-refractivity contribution in [3.05, 3.63) is 23.8 Å². The van der Waals surface area contributed by atoms with Gasteiger partial charge in [0.25, 0.3) is 0 Å². The second-order valence-corrected chi connectivity index (χ2v) is 2.53. The van der Waals surface area contributed by atoms with Crippen LogP contribution in [0.25, 0.3) is 0 Å². The van der Waals surface area contributed by atoms with Gasteiger partial charge in [0, 0.05) is 6.42 Å². The Morgan fingerprint density at radius 3 is 3.09 bits per heavy atom. The summed E-state index contributed by atoms with van der Waals surface area (Å²) in [6.07, 6.45) is 8.50. The molecule has 1 rings (SSSR count). The zero-order valence-electron chi connectivity index (χ0n) is 6.67. The van der Waals surface area contributed by atoms with E-state index in [1.165, 1.54) is 12.7 Å². The van der Waals surface area contributed by atoms with Crippen LogP contribution in [-0.4, -0.2) is 13.1 Å². The average Bonchev–Trinajstić information content (AvgIpc) is 2.52. The minimum absolute atomic E-state index is 0.127. The maximum absolute atomic E-state index is 10.7. The number of hydrogen-bond acceptors (Lipinski definition) is 2. The lowest BCUT2D eigenvalue weighted by Gasteiger charge is -1.99. The minimum Gasteiger partial charge on any atom is -0.469 e. The maximum atomic E-state index is 10.7. The number of esters is 1. The molecule has 11 heavy (non-hydrogen) atoms. The highest BCUT2D eigenvalue weighted by Crippen LogP contribution is 2.15. The summed E-state index contributed by atoms with van der Waals surface area (Å²) in [6, 6.07) is 0. The van der Waals surface area contributed by atoms with Crippen molar-refractivity contribution in [2.75, 3.05) is 7.11 Å². The molecule has 0 atom stereocenters. The van der Waals surface area contributed by atoms with Crippen LogP contribution in [0.2, 0.25) is 0 Å². The van der Waals surface area contributed by atoms with Crippen LogP contribution in [0.15, 0.2) is 23.8 Å². The molecule has 2 nitrogen and oxygen atoms in total. The minimum atomic E-state index is -0.127. The summed E-state index contributed by atoms with van der Waals surface area (Å²) < 4.78 is 4.52. The van der Waals surface area contributed by atoms with Crippen LogP contribution in [0.5, 0.6) is 0 Å². The Hall–Kier alpha value is -1.05. The highest BCUT2D eigenvalue weighted by molar-refractivity contribution is 5.69. The highest BCUT2D eigenvalue weighted by atomic mass is 16.5. The molecule has 0 N–H and O–H groups in total. The van der Waals surface area contributed by atoms with E-state index in [0.717, 1.165) is 12.8 Å². The maximum Gasteiger partial charge on any atom is 0.305 e. The van der Waals surface area contributed by atoms with Crippen LogP contribution in [0.1, 0.15) is 19.3 Å². The fourth-order valence-corrected chi connectivity index (χ4v) is 1.04. The molecule has 1 aliphatic rings. The largest absolute Gasteiger partial charge is 0.469 e. The van der Waals surface area contributed by atoms with Crippen molar-refractivity contribution in [1.29, 1.82) is 0 Å². The van der Waals surface area contributed by atoms with Crippen molar-refractivity contribution in [2.45, 2.75) is 19.3 Å². The highest BCUT2D eigenvalue weighted by Gasteiger charge is 2.03. The van der Waals surface area contributed by atoms with E-state index >= 15 is 0 Å². The Morgan fingerprint density at radius 1 is 1.73 bits per heavy atom. The normalized spacial score (nSPS) is 14.8. The van der Waals surface area contributed by atoms with Crippen molar-refractivity contribution in [1.82, 2.24) is 0 Å². The average molecular weight is 152 g/mol. The first-order chi connectivity index (χ1) is 5.33. The predicted molar refractivity (Wildman–Crippen MR) is 43.1 cm³/mol. The van der Waals surface area contributed by atoms with Gasteiger partial charge in [0.05, 0.1) is 7.11 Å². The van der Waals surface area contributed by atoms with Gasteiger partial charge in [0.2, 0.25) is 0 Å². The third-order valence-corrected chi connectivity index (χ3v) is 1.73. The topological polar surface area (TPSA) is 26.3 Å². The van der Waals surface area contributed by atoms with Crippen LogP contribution >= 0.6 is 0 Å². The van der Waals surface area contributed by atoms with Gasteiger partial charge in [-0.1, -0.05) is 23.8 Å². The fourth-order valence-electron chi connectivity index (χ4n) is 1.04. The first kappa shape index (κ1) is 8.05. The van der Waals surface area contributed by atoms with E-state index in [1.807, 2.05) is 6.08 Å². The zero-order chi connectivity index (χ0) is 8.10. The molecular weight excluding hydrogens is 140 g/mol. The fraction of sp³-hybridized carbons (Fsp3) is 0.444. The van der Waals surface area contributed by atoms with E-state index in [-0.39, 0.29) is 5.97 Å². The molecule has 0 bridgehead atoms. The summed E-state index contributed by atoms with van der Waals surface area (Å²) in [4.78, 5) is 10.7. The number of hydrogen-bond donors (Lipinski definition) is 0. The number of carbonyl (C=O) groups is 1. The molecule has 0 aromatic heterocycles. The van der Waals surface area contributed by atoms with E-state index in [1.54, 1.807) is 0 Å². The molecule has 60 valence electrons. The summed E-state index contributed by atoms with van der Waals surface area (Å²) >= 11 is 0. The smallest absolute Gasteiger partial charge is 0.305 e. The summed E-state index contributed by atoms with van der Waals surface area (Å²) in [5.41, 5.74) is 1.32. The molecule has 0 fully saturated rings. The second kappa shape index (κ2) is 3.96. The lowest BCUT2D eigenvalue weighted by molar-refractivity contribution is -0.140. The van der Waals surface area contributed by atoms with Crippen LogP contribution in [0.4, 0.5) is 0 Å². The van der Waals surface area contributed by atoms with E-state index in [9.17, 15) is 4.79 Å². The standard InChI is InChI=1S/C9H12O2/c1-11-9(10)7-6-8-4-2-3-5-8/h2-4H,5-7H2,1H3. The molecule has 0 aromatic carbocycles. The number of carbonyl (C=O) groups excluding carboxylic acids is 1. The van der Waals surface area contributed by atoms with Crippen molar-refractivity contribution in [3.8, 4) is 0 Å². The first-order valence-corrected chi connectivity index (χ1v) is 3.74. The van der Waals surface area contributed by atoms with E-state index in [4.69, 9.17) is 0 Å². The van der Waals surface area contributed by atoms with Crippen LogP contribution in [0, 0.1) is 0 Å². The van der Waals surface area contributed by atoms with E-state index < -0.39 is 0 Å². The Labute approximate surface area is 66.5 Å². The monoisotopic (exact) mass is 152 g/mol. The van der Waals surface area contributed by atoms with Gasteiger partial charge in [-0.05, 0) is 12.8 Å². The van der Waals surface area contributed by atoms with Gasteiger partial charge in [-0.3, -0.25) is 4.79 Å². The molecule has 0 heterocycles. The van der Waals surface area contributed by atoms with Gasteiger partial charge in [0.15, 0.2) is 0 Å². The molecule has 0 unspecified atom stereocenters. The molecule has 0 spiro atoms. The van der Waals surface area contributed by atoms with Gasteiger partial charge in [-0.2, -0.15) is 0 Å². The summed E-state index contributed by atoms with van der Waals surface area (Å²) in [5.74, 6) is -0.127. The van der Waals surface area contributed by atoms with Gasteiger partial charge in [-0.25, -0.2) is 0 Å². The molecule has 0 saturated carbocycles. The van der Waals surface area contributed by atoms with E-state index in [0.29, 0.717) is 6.42 Å². The SMILES string of the molecule is COC(=O)CCC1=CC=CC1. The zero-order valence-corrected chi connectivity index (χ0v) is 6.67. The molecule has 0 aromatic rings. The van der Waals surface area contributed by atoms with Crippen molar-refractivity contribution < 1.29 is 9.53 Å². The lowest BCUT2D eigenvalue weighted by atomic mass is 10.1. The number of allylic oxidation sites excluding steroid dienone is 4. The van der Waals surface area contributed by atoms with Crippen molar-refractivity contribution in [3.63, 3.8) is 0 Å². The van der Waals surface area contributed by atoms with Gasteiger partial charge >= 0.3 is 5.97 Å². The van der Waals surface area contributed by atoms with Crippen LogP contribution in [0.3, 0.4) is 0 Å². The Balaban J connectivity index is 2.18. The number of ether oxygens (including phenoxy) is 1. The Morgan fingerprint density at radius 2 is 2.55 bits per heavy atom. The molecule has 1 aliphatic carbocycles. The molecule has 0 radical (unpaired) electrons. The summed E-state index contributed by atoms with van der Waals surface area (Å²) in [5, 5.41) is 0. The van der Waals surface area contributed by atoms with Crippen molar-refractivity contribution >= 4 is 5.97 Å². The van der Waals surface area contributed by atoms with Gasteiger partial charge < -0.3 is 4.74 Å². The number of methoxy groups -OCH3 is 1. The molecule has 0 aliphatic heterocycles. The molecule has 0 amide bonds.